The van der Waals surface area contributed by atoms with E-state index >= 15 is 0 Å². The van der Waals surface area contributed by atoms with Gasteiger partial charge in [-0.1, -0.05) is 13.8 Å². The third-order valence-corrected chi connectivity index (χ3v) is 9.05. The topological polar surface area (TPSA) is 58.2 Å². The summed E-state index contributed by atoms with van der Waals surface area (Å²) in [6, 6.07) is 0.325. The lowest BCUT2D eigenvalue weighted by atomic mass is 9.45. The first-order valence-corrected chi connectivity index (χ1v) is 11.0. The second kappa shape index (κ2) is 6.53. The van der Waals surface area contributed by atoms with Gasteiger partial charge in [-0.15, -0.1) is 0 Å². The highest BCUT2D eigenvalue weighted by atomic mass is 16.2. The molecule has 4 fully saturated rings. The van der Waals surface area contributed by atoms with E-state index in [4.69, 9.17) is 0 Å². The minimum Gasteiger partial charge on any atom is -0.338 e. The van der Waals surface area contributed by atoms with Crippen LogP contribution in [-0.4, -0.2) is 24.4 Å². The maximum absolute atomic E-state index is 12.5. The Labute approximate surface area is 158 Å². The molecule has 0 aromatic heterocycles. The molecule has 4 nitrogen and oxygen atoms in total. The maximum Gasteiger partial charge on any atom is 0.314 e. The zero-order chi connectivity index (χ0) is 18.5. The molecule has 4 saturated carbocycles. The van der Waals surface area contributed by atoms with Gasteiger partial charge in [0.2, 0.25) is 0 Å². The summed E-state index contributed by atoms with van der Waals surface area (Å²) >= 11 is 0. The molecule has 26 heavy (non-hydrogen) atoms. The molecular weight excluding hydrogens is 324 g/mol. The van der Waals surface area contributed by atoms with Crippen LogP contribution in [0.5, 0.6) is 0 Å². The van der Waals surface area contributed by atoms with E-state index in [1.807, 2.05) is 6.92 Å². The molecule has 2 N–H and O–H groups in total. The van der Waals surface area contributed by atoms with Crippen molar-refractivity contribution in [3.05, 3.63) is 0 Å². The Morgan fingerprint density at radius 3 is 2.65 bits per heavy atom. The normalized spacial score (nSPS) is 47.5. The van der Waals surface area contributed by atoms with Crippen molar-refractivity contribution in [2.24, 2.45) is 34.5 Å². The first-order chi connectivity index (χ1) is 12.4. The highest BCUT2D eigenvalue weighted by Crippen LogP contribution is 2.65. The second-order valence-corrected chi connectivity index (χ2v) is 10.1. The molecule has 0 spiro atoms. The van der Waals surface area contributed by atoms with E-state index in [1.165, 1.54) is 25.7 Å². The SMILES string of the molecule is CCNC(=O)N[C@@H]1CC[C@@]2(C)[C@@H](CC[C@@H]3[C@@H]2CC[C@]2(C)C(=O)CC[C@@H]32)C1. The number of amides is 2. The predicted molar refractivity (Wildman–Crippen MR) is 103 cm³/mol. The molecule has 146 valence electrons. The summed E-state index contributed by atoms with van der Waals surface area (Å²) in [5.74, 6) is 3.46. The fraction of sp³-hybridized carbons (Fsp3) is 0.909. The summed E-state index contributed by atoms with van der Waals surface area (Å²) in [6.07, 6.45) is 10.4. The molecule has 2 amide bonds. The van der Waals surface area contributed by atoms with Gasteiger partial charge in [-0.25, -0.2) is 4.79 Å². The van der Waals surface area contributed by atoms with Gasteiger partial charge in [0.1, 0.15) is 5.78 Å². The molecule has 0 aliphatic heterocycles. The Morgan fingerprint density at radius 1 is 1.08 bits per heavy atom. The van der Waals surface area contributed by atoms with Crippen molar-refractivity contribution >= 4 is 11.8 Å². The number of ketones is 1. The molecule has 4 rings (SSSR count). The average Bonchev–Trinajstić information content (AvgIpc) is 2.91. The Morgan fingerprint density at radius 2 is 1.88 bits per heavy atom. The number of carbonyl (C=O) groups is 2. The molecule has 0 aromatic rings. The van der Waals surface area contributed by atoms with E-state index in [9.17, 15) is 9.59 Å². The van der Waals surface area contributed by atoms with E-state index in [0.29, 0.717) is 29.7 Å². The summed E-state index contributed by atoms with van der Waals surface area (Å²) in [5.41, 5.74) is 0.399. The third-order valence-electron chi connectivity index (χ3n) is 9.05. The smallest absolute Gasteiger partial charge is 0.314 e. The molecule has 0 heterocycles. The van der Waals surface area contributed by atoms with E-state index < -0.39 is 0 Å². The van der Waals surface area contributed by atoms with Gasteiger partial charge in [-0.3, -0.25) is 4.79 Å². The predicted octanol–water partition coefficient (Wildman–Crippen LogP) is 4.29. The van der Waals surface area contributed by atoms with Crippen molar-refractivity contribution < 1.29 is 9.59 Å². The molecular formula is C22H36N2O2. The molecule has 7 atom stereocenters. The van der Waals surface area contributed by atoms with E-state index in [0.717, 1.165) is 49.9 Å². The van der Waals surface area contributed by atoms with Crippen molar-refractivity contribution in [3.8, 4) is 0 Å². The van der Waals surface area contributed by atoms with Gasteiger partial charge in [0.25, 0.3) is 0 Å². The minimum atomic E-state index is -0.0125. The molecule has 4 aliphatic carbocycles. The standard InChI is InChI=1S/C22H36N2O2/c1-4-23-20(26)24-15-9-11-21(2)14(13-15)5-6-16-17-7-8-19(25)22(17,3)12-10-18(16)21/h14-18H,4-13H2,1-3H3,(H2,23,24,26)/t14-,15+,16-,17-,18-,21-,22-/m0/s1. The number of fused-ring (bicyclic) bond motifs is 5. The van der Waals surface area contributed by atoms with Crippen LogP contribution < -0.4 is 10.6 Å². The molecule has 0 bridgehead atoms. The van der Waals surface area contributed by atoms with Crippen LogP contribution in [0, 0.1) is 34.5 Å². The van der Waals surface area contributed by atoms with Crippen molar-refractivity contribution in [2.45, 2.75) is 84.6 Å². The van der Waals surface area contributed by atoms with Crippen LogP contribution in [0.1, 0.15) is 78.6 Å². The van der Waals surface area contributed by atoms with Crippen LogP contribution in [0.4, 0.5) is 4.79 Å². The Balaban J connectivity index is 1.47. The van der Waals surface area contributed by atoms with Gasteiger partial charge in [0.15, 0.2) is 0 Å². The van der Waals surface area contributed by atoms with Crippen LogP contribution in [0.25, 0.3) is 0 Å². The van der Waals surface area contributed by atoms with Gasteiger partial charge in [-0.05, 0) is 87.4 Å². The average molecular weight is 361 g/mol. The fourth-order valence-corrected chi connectivity index (χ4v) is 7.56. The first-order valence-electron chi connectivity index (χ1n) is 11.0. The van der Waals surface area contributed by atoms with Crippen molar-refractivity contribution in [1.29, 1.82) is 0 Å². The van der Waals surface area contributed by atoms with Gasteiger partial charge in [0, 0.05) is 24.4 Å². The Kier molecular flexibility index (Phi) is 4.60. The first kappa shape index (κ1) is 18.3. The number of hydrogen-bond acceptors (Lipinski definition) is 2. The molecule has 0 radical (unpaired) electrons. The maximum atomic E-state index is 12.5. The van der Waals surface area contributed by atoms with Gasteiger partial charge >= 0.3 is 6.03 Å². The summed E-state index contributed by atoms with van der Waals surface area (Å²) in [4.78, 5) is 24.4. The van der Waals surface area contributed by atoms with Crippen molar-refractivity contribution in [2.75, 3.05) is 6.54 Å². The lowest BCUT2D eigenvalue weighted by molar-refractivity contribution is -0.139. The number of hydrogen-bond donors (Lipinski definition) is 2. The van der Waals surface area contributed by atoms with Crippen LogP contribution in [-0.2, 0) is 4.79 Å². The monoisotopic (exact) mass is 360 g/mol. The molecule has 4 heteroatoms. The lowest BCUT2D eigenvalue weighted by Crippen LogP contribution is -2.56. The van der Waals surface area contributed by atoms with E-state index in [-0.39, 0.29) is 11.4 Å². The summed E-state index contributed by atoms with van der Waals surface area (Å²) in [6.45, 7) is 7.45. The van der Waals surface area contributed by atoms with Gasteiger partial charge in [0.05, 0.1) is 0 Å². The van der Waals surface area contributed by atoms with Crippen LogP contribution in [0.15, 0.2) is 0 Å². The number of Topliss-reactive ketones (excluding diaryl/α,β-unsaturated/α-hetero) is 1. The van der Waals surface area contributed by atoms with Gasteiger partial charge in [-0.2, -0.15) is 0 Å². The zero-order valence-corrected chi connectivity index (χ0v) is 16.8. The molecule has 0 saturated heterocycles. The Hall–Kier alpha value is -1.06. The number of nitrogens with one attached hydrogen (secondary N) is 2. The summed E-state index contributed by atoms with van der Waals surface area (Å²) in [5, 5.41) is 6.07. The third kappa shape index (κ3) is 2.70. The highest BCUT2D eigenvalue weighted by Gasteiger charge is 2.60. The van der Waals surface area contributed by atoms with Crippen molar-refractivity contribution in [1.82, 2.24) is 10.6 Å². The van der Waals surface area contributed by atoms with E-state index in [1.54, 1.807) is 0 Å². The summed E-state index contributed by atoms with van der Waals surface area (Å²) < 4.78 is 0. The minimum absolute atomic E-state index is 0.00677. The highest BCUT2D eigenvalue weighted by molar-refractivity contribution is 5.87. The van der Waals surface area contributed by atoms with E-state index in [2.05, 4.69) is 24.5 Å². The molecule has 4 aliphatic rings. The quantitative estimate of drug-likeness (QED) is 0.772. The van der Waals surface area contributed by atoms with Crippen molar-refractivity contribution in [3.63, 3.8) is 0 Å². The largest absolute Gasteiger partial charge is 0.338 e. The number of carbonyl (C=O) groups excluding carboxylic acids is 2. The Bertz CT molecular complexity index is 591. The lowest BCUT2D eigenvalue weighted by Gasteiger charge is -2.60. The van der Waals surface area contributed by atoms with Crippen LogP contribution in [0.3, 0.4) is 0 Å². The van der Waals surface area contributed by atoms with Crippen LogP contribution >= 0.6 is 0 Å². The second-order valence-electron chi connectivity index (χ2n) is 10.1. The number of urea groups is 1. The molecule has 0 aromatic carbocycles. The number of rotatable bonds is 2. The van der Waals surface area contributed by atoms with Crippen LogP contribution in [0.2, 0.25) is 0 Å². The fourth-order valence-electron chi connectivity index (χ4n) is 7.56. The van der Waals surface area contributed by atoms with Gasteiger partial charge < -0.3 is 10.6 Å². The zero-order valence-electron chi connectivity index (χ0n) is 16.8. The summed E-state index contributed by atoms with van der Waals surface area (Å²) in [7, 11) is 0. The molecule has 0 unspecified atom stereocenters.